The molecule has 0 spiro atoms. The molecule has 2 heteroatoms. The monoisotopic (exact) mass is 205 g/mol. The van der Waals surface area contributed by atoms with E-state index in [-0.39, 0.29) is 12.6 Å². The predicted molar refractivity (Wildman–Crippen MR) is 61.6 cm³/mol. The molecule has 0 aliphatic heterocycles. The minimum Gasteiger partial charge on any atom is -0.395 e. The number of benzene rings is 1. The minimum atomic E-state index is 0.177. The Kier molecular flexibility index (Phi) is 3.39. The first-order valence-corrected chi connectivity index (χ1v) is 5.73. The van der Waals surface area contributed by atoms with Crippen LogP contribution >= 0.6 is 0 Å². The van der Waals surface area contributed by atoms with Crippen LogP contribution in [0.25, 0.3) is 0 Å². The highest BCUT2D eigenvalue weighted by Gasteiger charge is 2.32. The standard InChI is InChI=1S/C13H19NO/c1-10(9-15)14-13(12-7-8-12)11-5-3-2-4-6-11/h2-6,10,12-15H,7-9H2,1H3/t10-,13+/m0/s1. The van der Waals surface area contributed by atoms with E-state index in [0.29, 0.717) is 6.04 Å². The Labute approximate surface area is 91.3 Å². The van der Waals surface area contributed by atoms with Gasteiger partial charge in [-0.3, -0.25) is 0 Å². The zero-order chi connectivity index (χ0) is 10.7. The molecule has 2 rings (SSSR count). The van der Waals surface area contributed by atoms with Crippen molar-refractivity contribution in [2.45, 2.75) is 31.8 Å². The maximum Gasteiger partial charge on any atom is 0.0582 e. The molecule has 0 bridgehead atoms. The lowest BCUT2D eigenvalue weighted by Crippen LogP contribution is -2.34. The molecule has 0 unspecified atom stereocenters. The van der Waals surface area contributed by atoms with Gasteiger partial charge in [0.05, 0.1) is 6.61 Å². The van der Waals surface area contributed by atoms with Crippen LogP contribution in [0.5, 0.6) is 0 Å². The van der Waals surface area contributed by atoms with E-state index in [1.807, 2.05) is 13.0 Å². The fraction of sp³-hybridized carbons (Fsp3) is 0.538. The zero-order valence-electron chi connectivity index (χ0n) is 9.19. The molecular weight excluding hydrogens is 186 g/mol. The third-order valence-corrected chi connectivity index (χ3v) is 2.99. The van der Waals surface area contributed by atoms with E-state index in [2.05, 4.69) is 29.6 Å². The highest BCUT2D eigenvalue weighted by Crippen LogP contribution is 2.41. The molecule has 15 heavy (non-hydrogen) atoms. The largest absolute Gasteiger partial charge is 0.395 e. The fourth-order valence-corrected chi connectivity index (χ4v) is 1.95. The number of hydrogen-bond acceptors (Lipinski definition) is 2. The molecule has 0 amide bonds. The van der Waals surface area contributed by atoms with Crippen LogP contribution < -0.4 is 5.32 Å². The summed E-state index contributed by atoms with van der Waals surface area (Å²) in [6.07, 6.45) is 2.62. The van der Waals surface area contributed by atoms with E-state index >= 15 is 0 Å². The Hall–Kier alpha value is -0.860. The van der Waals surface area contributed by atoms with Crippen LogP contribution in [-0.4, -0.2) is 17.8 Å². The first kappa shape index (κ1) is 10.7. The lowest BCUT2D eigenvalue weighted by atomic mass is 10.0. The van der Waals surface area contributed by atoms with Gasteiger partial charge >= 0.3 is 0 Å². The Balaban J connectivity index is 2.06. The number of aliphatic hydroxyl groups is 1. The molecule has 1 aromatic rings. The van der Waals surface area contributed by atoms with Crippen molar-refractivity contribution in [1.82, 2.24) is 5.32 Å². The molecule has 1 aromatic carbocycles. The molecule has 2 atom stereocenters. The average Bonchev–Trinajstić information content (AvgIpc) is 3.10. The predicted octanol–water partition coefficient (Wildman–Crippen LogP) is 2.11. The van der Waals surface area contributed by atoms with Gasteiger partial charge in [0.2, 0.25) is 0 Å². The van der Waals surface area contributed by atoms with Crippen molar-refractivity contribution in [2.75, 3.05) is 6.61 Å². The molecule has 1 fully saturated rings. The van der Waals surface area contributed by atoms with E-state index in [1.54, 1.807) is 0 Å². The molecule has 0 aromatic heterocycles. The van der Waals surface area contributed by atoms with Crippen molar-refractivity contribution < 1.29 is 5.11 Å². The van der Waals surface area contributed by atoms with Gasteiger partial charge in [-0.05, 0) is 31.2 Å². The SMILES string of the molecule is C[C@@H](CO)N[C@H](c1ccccc1)C1CC1. The summed E-state index contributed by atoms with van der Waals surface area (Å²) in [5, 5.41) is 12.6. The fourth-order valence-electron chi connectivity index (χ4n) is 1.95. The molecule has 0 saturated heterocycles. The summed E-state index contributed by atoms with van der Waals surface area (Å²) >= 11 is 0. The van der Waals surface area contributed by atoms with Crippen LogP contribution in [0.3, 0.4) is 0 Å². The summed E-state index contributed by atoms with van der Waals surface area (Å²) in [6.45, 7) is 2.23. The molecule has 1 saturated carbocycles. The molecule has 2 N–H and O–H groups in total. The van der Waals surface area contributed by atoms with Crippen molar-refractivity contribution in [3.8, 4) is 0 Å². The lowest BCUT2D eigenvalue weighted by Gasteiger charge is -2.22. The molecule has 1 aliphatic rings. The van der Waals surface area contributed by atoms with Gasteiger partial charge < -0.3 is 10.4 Å². The Morgan fingerprint density at radius 3 is 2.53 bits per heavy atom. The van der Waals surface area contributed by atoms with Crippen molar-refractivity contribution in [2.24, 2.45) is 5.92 Å². The second-order valence-corrected chi connectivity index (χ2v) is 4.48. The van der Waals surface area contributed by atoms with Gasteiger partial charge in [0, 0.05) is 12.1 Å². The van der Waals surface area contributed by atoms with Gasteiger partial charge in [-0.25, -0.2) is 0 Å². The third-order valence-electron chi connectivity index (χ3n) is 2.99. The zero-order valence-corrected chi connectivity index (χ0v) is 9.19. The third kappa shape index (κ3) is 2.80. The van der Waals surface area contributed by atoms with Crippen LogP contribution in [0.2, 0.25) is 0 Å². The summed E-state index contributed by atoms with van der Waals surface area (Å²) in [4.78, 5) is 0. The van der Waals surface area contributed by atoms with Gasteiger partial charge in [-0.15, -0.1) is 0 Å². The van der Waals surface area contributed by atoms with Crippen molar-refractivity contribution in [3.63, 3.8) is 0 Å². The molecule has 0 radical (unpaired) electrons. The normalized spacial score (nSPS) is 19.9. The first-order chi connectivity index (χ1) is 7.31. The number of hydrogen-bond donors (Lipinski definition) is 2. The summed E-state index contributed by atoms with van der Waals surface area (Å²) in [5.74, 6) is 0.765. The second-order valence-electron chi connectivity index (χ2n) is 4.48. The highest BCUT2D eigenvalue weighted by atomic mass is 16.3. The van der Waals surface area contributed by atoms with Crippen molar-refractivity contribution in [3.05, 3.63) is 35.9 Å². The molecule has 82 valence electrons. The minimum absolute atomic E-state index is 0.177. The van der Waals surface area contributed by atoms with Gasteiger partial charge in [0.15, 0.2) is 0 Å². The Morgan fingerprint density at radius 2 is 2.00 bits per heavy atom. The summed E-state index contributed by atoms with van der Waals surface area (Å²) in [7, 11) is 0. The average molecular weight is 205 g/mol. The van der Waals surface area contributed by atoms with E-state index in [4.69, 9.17) is 5.11 Å². The van der Waals surface area contributed by atoms with Gasteiger partial charge in [-0.2, -0.15) is 0 Å². The van der Waals surface area contributed by atoms with E-state index in [1.165, 1.54) is 18.4 Å². The van der Waals surface area contributed by atoms with Crippen LogP contribution in [-0.2, 0) is 0 Å². The first-order valence-electron chi connectivity index (χ1n) is 5.73. The van der Waals surface area contributed by atoms with Crippen molar-refractivity contribution in [1.29, 1.82) is 0 Å². The van der Waals surface area contributed by atoms with E-state index in [9.17, 15) is 0 Å². The molecular formula is C13H19NO. The van der Waals surface area contributed by atoms with Gasteiger partial charge in [0.25, 0.3) is 0 Å². The Bertz CT molecular complexity index is 295. The number of rotatable bonds is 5. The van der Waals surface area contributed by atoms with Crippen LogP contribution in [0, 0.1) is 5.92 Å². The van der Waals surface area contributed by atoms with Crippen molar-refractivity contribution >= 4 is 0 Å². The maximum atomic E-state index is 9.07. The number of nitrogens with one attached hydrogen (secondary N) is 1. The molecule has 1 aliphatic carbocycles. The lowest BCUT2D eigenvalue weighted by molar-refractivity contribution is 0.236. The van der Waals surface area contributed by atoms with Crippen LogP contribution in [0.1, 0.15) is 31.4 Å². The summed E-state index contributed by atoms with van der Waals surface area (Å²) in [6, 6.07) is 11.1. The van der Waals surface area contributed by atoms with Gasteiger partial charge in [0.1, 0.15) is 0 Å². The summed E-state index contributed by atoms with van der Waals surface area (Å²) < 4.78 is 0. The van der Waals surface area contributed by atoms with E-state index in [0.717, 1.165) is 5.92 Å². The maximum absolute atomic E-state index is 9.07. The molecule has 0 heterocycles. The van der Waals surface area contributed by atoms with E-state index < -0.39 is 0 Å². The smallest absolute Gasteiger partial charge is 0.0582 e. The van der Waals surface area contributed by atoms with Gasteiger partial charge in [-0.1, -0.05) is 30.3 Å². The number of aliphatic hydroxyl groups excluding tert-OH is 1. The topological polar surface area (TPSA) is 32.3 Å². The quantitative estimate of drug-likeness (QED) is 0.771. The van der Waals surface area contributed by atoms with Crippen LogP contribution in [0.15, 0.2) is 30.3 Å². The Morgan fingerprint density at radius 1 is 1.33 bits per heavy atom. The summed E-state index contributed by atoms with van der Waals surface area (Å²) in [5.41, 5.74) is 1.35. The van der Waals surface area contributed by atoms with Crippen LogP contribution in [0.4, 0.5) is 0 Å². The highest BCUT2D eigenvalue weighted by molar-refractivity contribution is 5.21. The molecule has 2 nitrogen and oxygen atoms in total. The second kappa shape index (κ2) is 4.77.